The quantitative estimate of drug-likeness (QED) is 0.606. The number of carbonyl (C=O) groups excluding carboxylic acids is 1. The van der Waals surface area contributed by atoms with Crippen LogP contribution in [-0.2, 0) is 14.8 Å². The van der Waals surface area contributed by atoms with Crippen molar-refractivity contribution in [2.24, 2.45) is 5.92 Å². The summed E-state index contributed by atoms with van der Waals surface area (Å²) in [7, 11) is -3.47. The standard InChI is InChI=1S/C22H28BrN3O3S2/c1-16-3-5-19(6-4-16)26-14-13-24(15-17(26)2)22(27)18-9-11-25(12-10-18)31(28,29)21-8-7-20(23)30-21/h3-8,17-18H,9-15H2,1-2H3/t17-/m1/s1. The molecule has 168 valence electrons. The predicted molar refractivity (Wildman–Crippen MR) is 128 cm³/mol. The van der Waals surface area contributed by atoms with Gasteiger partial charge in [0, 0.05) is 50.4 Å². The molecule has 1 aromatic heterocycles. The minimum Gasteiger partial charge on any atom is -0.365 e. The number of amides is 1. The molecule has 4 rings (SSSR count). The van der Waals surface area contributed by atoms with E-state index in [1.54, 1.807) is 12.1 Å². The highest BCUT2D eigenvalue weighted by Crippen LogP contribution is 2.31. The number of hydrogen-bond donors (Lipinski definition) is 0. The number of piperidine rings is 1. The Morgan fingerprint density at radius 1 is 1.03 bits per heavy atom. The van der Waals surface area contributed by atoms with E-state index in [0.29, 0.717) is 43.2 Å². The smallest absolute Gasteiger partial charge is 0.252 e. The van der Waals surface area contributed by atoms with Gasteiger partial charge in [0.2, 0.25) is 5.91 Å². The van der Waals surface area contributed by atoms with Crippen molar-refractivity contribution in [3.63, 3.8) is 0 Å². The summed E-state index contributed by atoms with van der Waals surface area (Å²) < 4.78 is 28.3. The van der Waals surface area contributed by atoms with E-state index in [1.165, 1.54) is 26.9 Å². The molecule has 0 aliphatic carbocycles. The highest BCUT2D eigenvalue weighted by molar-refractivity contribution is 9.11. The van der Waals surface area contributed by atoms with Crippen molar-refractivity contribution in [2.45, 2.75) is 36.9 Å². The zero-order valence-corrected chi connectivity index (χ0v) is 21.0. The molecule has 1 amide bonds. The fraction of sp³-hybridized carbons (Fsp3) is 0.500. The van der Waals surface area contributed by atoms with Crippen LogP contribution in [0.3, 0.4) is 0 Å². The van der Waals surface area contributed by atoms with Gasteiger partial charge in [-0.15, -0.1) is 11.3 Å². The van der Waals surface area contributed by atoms with Crippen LogP contribution in [-0.4, -0.2) is 62.3 Å². The summed E-state index contributed by atoms with van der Waals surface area (Å²) >= 11 is 4.55. The monoisotopic (exact) mass is 525 g/mol. The van der Waals surface area contributed by atoms with Crippen molar-refractivity contribution in [1.29, 1.82) is 0 Å². The first kappa shape index (κ1) is 22.8. The number of rotatable bonds is 4. The molecule has 2 saturated heterocycles. The molecule has 0 saturated carbocycles. The lowest BCUT2D eigenvalue weighted by molar-refractivity contribution is -0.137. The summed E-state index contributed by atoms with van der Waals surface area (Å²) in [6.07, 6.45) is 1.16. The van der Waals surface area contributed by atoms with Crippen LogP contribution in [0.15, 0.2) is 44.4 Å². The normalized spacial score (nSPS) is 21.5. The fourth-order valence-electron chi connectivity index (χ4n) is 4.44. The van der Waals surface area contributed by atoms with Crippen LogP contribution in [0.5, 0.6) is 0 Å². The molecule has 0 unspecified atom stereocenters. The van der Waals surface area contributed by atoms with Crippen LogP contribution in [0.4, 0.5) is 5.69 Å². The molecule has 2 aromatic rings. The number of halogens is 1. The molecule has 6 nitrogen and oxygen atoms in total. The maximum atomic E-state index is 13.2. The van der Waals surface area contributed by atoms with Crippen molar-refractivity contribution in [3.8, 4) is 0 Å². The van der Waals surface area contributed by atoms with Gasteiger partial charge in [-0.25, -0.2) is 8.42 Å². The first-order valence-electron chi connectivity index (χ1n) is 10.6. The maximum absolute atomic E-state index is 13.2. The van der Waals surface area contributed by atoms with E-state index in [0.717, 1.165) is 10.3 Å². The van der Waals surface area contributed by atoms with Gasteiger partial charge in [-0.2, -0.15) is 4.31 Å². The van der Waals surface area contributed by atoms with E-state index in [1.807, 2.05) is 4.90 Å². The average molecular weight is 527 g/mol. The van der Waals surface area contributed by atoms with Crippen LogP contribution in [0.2, 0.25) is 0 Å². The summed E-state index contributed by atoms with van der Waals surface area (Å²) in [4.78, 5) is 17.5. The number of aryl methyl sites for hydroxylation is 1. The lowest BCUT2D eigenvalue weighted by Crippen LogP contribution is -2.55. The number of sulfonamides is 1. The number of piperazine rings is 1. The summed E-state index contributed by atoms with van der Waals surface area (Å²) in [6, 6.07) is 12.2. The Morgan fingerprint density at radius 2 is 1.71 bits per heavy atom. The number of carbonyl (C=O) groups is 1. The third kappa shape index (κ3) is 4.84. The van der Waals surface area contributed by atoms with Gasteiger partial charge < -0.3 is 9.80 Å². The molecule has 1 aromatic carbocycles. The van der Waals surface area contributed by atoms with Crippen LogP contribution in [0.25, 0.3) is 0 Å². The second-order valence-corrected chi connectivity index (χ2v) is 13.0. The Hall–Kier alpha value is -1.42. The Kier molecular flexibility index (Phi) is 6.76. The van der Waals surface area contributed by atoms with E-state index >= 15 is 0 Å². The second-order valence-electron chi connectivity index (χ2n) is 8.40. The second kappa shape index (κ2) is 9.21. The number of benzene rings is 1. The lowest BCUT2D eigenvalue weighted by atomic mass is 9.95. The van der Waals surface area contributed by atoms with Crippen LogP contribution in [0.1, 0.15) is 25.3 Å². The third-order valence-electron chi connectivity index (χ3n) is 6.25. The zero-order valence-electron chi connectivity index (χ0n) is 17.8. The van der Waals surface area contributed by atoms with E-state index < -0.39 is 10.0 Å². The highest BCUT2D eigenvalue weighted by Gasteiger charge is 2.36. The minimum atomic E-state index is -3.47. The molecular formula is C22H28BrN3O3S2. The van der Waals surface area contributed by atoms with Gasteiger partial charge in [-0.05, 0) is 66.9 Å². The van der Waals surface area contributed by atoms with Gasteiger partial charge >= 0.3 is 0 Å². The topological polar surface area (TPSA) is 60.9 Å². The lowest BCUT2D eigenvalue weighted by Gasteiger charge is -2.43. The molecule has 1 atom stereocenters. The molecular weight excluding hydrogens is 498 g/mol. The van der Waals surface area contributed by atoms with E-state index in [2.05, 4.69) is 58.9 Å². The van der Waals surface area contributed by atoms with Gasteiger partial charge in [0.15, 0.2) is 0 Å². The van der Waals surface area contributed by atoms with Crippen molar-refractivity contribution in [2.75, 3.05) is 37.6 Å². The molecule has 31 heavy (non-hydrogen) atoms. The van der Waals surface area contributed by atoms with E-state index in [9.17, 15) is 13.2 Å². The third-order valence-corrected chi connectivity index (χ3v) is 10.2. The molecule has 9 heteroatoms. The maximum Gasteiger partial charge on any atom is 0.252 e. The first-order valence-corrected chi connectivity index (χ1v) is 13.7. The van der Waals surface area contributed by atoms with Crippen LogP contribution >= 0.6 is 27.3 Å². The molecule has 0 spiro atoms. The highest BCUT2D eigenvalue weighted by atomic mass is 79.9. The van der Waals surface area contributed by atoms with Gasteiger partial charge in [0.05, 0.1) is 3.79 Å². The summed E-state index contributed by atoms with van der Waals surface area (Å²) in [5.41, 5.74) is 2.44. The van der Waals surface area contributed by atoms with Gasteiger partial charge in [0.25, 0.3) is 10.0 Å². The SMILES string of the molecule is Cc1ccc(N2CCN(C(=O)C3CCN(S(=O)(=O)c4ccc(Br)s4)CC3)C[C@H]2C)cc1. The number of nitrogens with zero attached hydrogens (tertiary/aromatic N) is 3. The molecule has 2 fully saturated rings. The molecule has 0 N–H and O–H groups in total. The first-order chi connectivity index (χ1) is 14.8. The average Bonchev–Trinajstić information content (AvgIpc) is 3.21. The summed E-state index contributed by atoms with van der Waals surface area (Å²) in [5.74, 6) is 0.0750. The van der Waals surface area contributed by atoms with Crippen molar-refractivity contribution < 1.29 is 13.2 Å². The fourth-order valence-corrected chi connectivity index (χ4v) is 8.08. The molecule has 0 bridgehead atoms. The number of anilines is 1. The van der Waals surface area contributed by atoms with Gasteiger partial charge in [-0.3, -0.25) is 4.79 Å². The number of hydrogen-bond acceptors (Lipinski definition) is 5. The number of thiophene rings is 1. The zero-order chi connectivity index (χ0) is 22.2. The van der Waals surface area contributed by atoms with Gasteiger partial charge in [0.1, 0.15) is 4.21 Å². The van der Waals surface area contributed by atoms with Crippen molar-refractivity contribution in [3.05, 3.63) is 45.7 Å². The predicted octanol–water partition coefficient (Wildman–Crippen LogP) is 3.96. The summed E-state index contributed by atoms with van der Waals surface area (Å²) in [5, 5.41) is 0. The van der Waals surface area contributed by atoms with Crippen LogP contribution in [0, 0.1) is 12.8 Å². The van der Waals surface area contributed by atoms with Crippen molar-refractivity contribution >= 4 is 48.9 Å². The van der Waals surface area contributed by atoms with Gasteiger partial charge in [-0.1, -0.05) is 17.7 Å². The molecule has 2 aliphatic heterocycles. The largest absolute Gasteiger partial charge is 0.365 e. The Balaban J connectivity index is 1.33. The van der Waals surface area contributed by atoms with E-state index in [4.69, 9.17) is 0 Å². The Bertz CT molecular complexity index is 1030. The van der Waals surface area contributed by atoms with Crippen molar-refractivity contribution in [1.82, 2.24) is 9.21 Å². The molecule has 2 aliphatic rings. The molecule has 0 radical (unpaired) electrons. The summed E-state index contributed by atoms with van der Waals surface area (Å²) in [6.45, 7) is 7.26. The van der Waals surface area contributed by atoms with E-state index in [-0.39, 0.29) is 17.9 Å². The Morgan fingerprint density at radius 3 is 2.29 bits per heavy atom. The molecule has 3 heterocycles. The Labute approximate surface area is 197 Å². The minimum absolute atomic E-state index is 0.0975. The van der Waals surface area contributed by atoms with Crippen LogP contribution < -0.4 is 4.90 Å².